The Kier molecular flexibility index (Phi) is 12.6. The number of carbonyl (C=O) groups excluding carboxylic acids is 4. The van der Waals surface area contributed by atoms with Gasteiger partial charge in [0.2, 0.25) is 23.6 Å². The summed E-state index contributed by atoms with van der Waals surface area (Å²) in [5, 5.41) is 17.2. The number of aliphatic carboxylic acids is 1. The van der Waals surface area contributed by atoms with Crippen LogP contribution in [0.4, 0.5) is 0 Å². The SMILES string of the molecule is CC(C)CC(NC(=O)C(CC(C)C)NC(=O)C(Cc1cnc[nH]1)NC(=O)C(N)CCC(N)=O)C(=O)O. The van der Waals surface area contributed by atoms with Gasteiger partial charge in [-0.1, -0.05) is 27.7 Å². The largest absolute Gasteiger partial charge is 0.480 e. The number of aromatic amines is 1. The molecule has 0 saturated heterocycles. The van der Waals surface area contributed by atoms with Gasteiger partial charge >= 0.3 is 5.97 Å². The number of carbonyl (C=O) groups is 5. The zero-order valence-corrected chi connectivity index (χ0v) is 21.2. The number of aromatic nitrogens is 2. The fraction of sp³-hybridized carbons (Fsp3) is 0.652. The van der Waals surface area contributed by atoms with Crippen molar-refractivity contribution in [3.05, 3.63) is 18.2 Å². The predicted octanol–water partition coefficient (Wildman–Crippen LogP) is -0.824. The van der Waals surface area contributed by atoms with Crippen LogP contribution < -0.4 is 27.4 Å². The molecule has 0 radical (unpaired) electrons. The van der Waals surface area contributed by atoms with Gasteiger partial charge in [0.05, 0.1) is 12.4 Å². The van der Waals surface area contributed by atoms with Crippen LogP contribution in [0.2, 0.25) is 0 Å². The first-order valence-corrected chi connectivity index (χ1v) is 11.9. The van der Waals surface area contributed by atoms with E-state index in [-0.39, 0.29) is 43.9 Å². The predicted molar refractivity (Wildman–Crippen MR) is 131 cm³/mol. The minimum Gasteiger partial charge on any atom is -0.480 e. The van der Waals surface area contributed by atoms with Crippen molar-refractivity contribution < 1.29 is 29.1 Å². The third kappa shape index (κ3) is 11.3. The van der Waals surface area contributed by atoms with E-state index in [0.717, 1.165) is 0 Å². The summed E-state index contributed by atoms with van der Waals surface area (Å²) in [5.74, 6) is -3.70. The highest BCUT2D eigenvalue weighted by atomic mass is 16.4. The molecule has 1 aromatic rings. The van der Waals surface area contributed by atoms with Gasteiger partial charge in [0.15, 0.2) is 0 Å². The Hall–Kier alpha value is -3.48. The van der Waals surface area contributed by atoms with Crippen molar-refractivity contribution in [3.63, 3.8) is 0 Å². The molecule has 1 heterocycles. The fourth-order valence-corrected chi connectivity index (χ4v) is 3.47. The average molecular weight is 510 g/mol. The third-order valence-corrected chi connectivity index (χ3v) is 5.31. The number of amides is 4. The van der Waals surface area contributed by atoms with Gasteiger partial charge in [-0.2, -0.15) is 0 Å². The molecule has 0 spiro atoms. The zero-order chi connectivity index (χ0) is 27.4. The van der Waals surface area contributed by atoms with Crippen molar-refractivity contribution in [1.29, 1.82) is 0 Å². The normalized spacial score (nSPS) is 14.5. The van der Waals surface area contributed by atoms with Crippen molar-refractivity contribution in [2.45, 2.75) is 84.0 Å². The lowest BCUT2D eigenvalue weighted by Gasteiger charge is -2.26. The number of nitrogens with zero attached hydrogens (tertiary/aromatic N) is 1. The van der Waals surface area contributed by atoms with Gasteiger partial charge in [-0.25, -0.2) is 9.78 Å². The molecule has 13 heteroatoms. The molecule has 13 nitrogen and oxygen atoms in total. The molecule has 9 N–H and O–H groups in total. The number of H-pyrrole nitrogens is 1. The van der Waals surface area contributed by atoms with Gasteiger partial charge in [0.25, 0.3) is 0 Å². The van der Waals surface area contributed by atoms with Crippen molar-refractivity contribution in [3.8, 4) is 0 Å². The second-order valence-electron chi connectivity index (χ2n) is 9.67. The average Bonchev–Trinajstić information content (AvgIpc) is 3.28. The van der Waals surface area contributed by atoms with E-state index >= 15 is 0 Å². The third-order valence-electron chi connectivity index (χ3n) is 5.31. The Bertz CT molecular complexity index is 888. The highest BCUT2D eigenvalue weighted by molar-refractivity contribution is 5.94. The van der Waals surface area contributed by atoms with Gasteiger partial charge in [-0.15, -0.1) is 0 Å². The van der Waals surface area contributed by atoms with Crippen LogP contribution in [0.3, 0.4) is 0 Å². The van der Waals surface area contributed by atoms with E-state index in [9.17, 15) is 29.1 Å². The maximum absolute atomic E-state index is 13.2. The number of imidazole rings is 1. The zero-order valence-electron chi connectivity index (χ0n) is 21.2. The molecule has 0 bridgehead atoms. The van der Waals surface area contributed by atoms with Crippen molar-refractivity contribution in [2.24, 2.45) is 23.3 Å². The van der Waals surface area contributed by atoms with Crippen molar-refractivity contribution in [1.82, 2.24) is 25.9 Å². The Labute approximate surface area is 210 Å². The Morgan fingerprint density at radius 2 is 1.44 bits per heavy atom. The van der Waals surface area contributed by atoms with Crippen LogP contribution in [-0.2, 0) is 30.4 Å². The summed E-state index contributed by atoms with van der Waals surface area (Å²) in [5.41, 5.74) is 11.5. The van der Waals surface area contributed by atoms with Crippen molar-refractivity contribution in [2.75, 3.05) is 0 Å². The maximum Gasteiger partial charge on any atom is 0.326 e. The first-order valence-electron chi connectivity index (χ1n) is 11.9. The smallest absolute Gasteiger partial charge is 0.326 e. The molecule has 0 saturated carbocycles. The van der Waals surface area contributed by atoms with E-state index in [1.54, 1.807) is 0 Å². The lowest BCUT2D eigenvalue weighted by Crippen LogP contribution is -2.58. The molecule has 4 atom stereocenters. The first kappa shape index (κ1) is 30.6. The molecule has 0 aromatic carbocycles. The van der Waals surface area contributed by atoms with E-state index in [0.29, 0.717) is 5.69 Å². The van der Waals surface area contributed by atoms with Crippen LogP contribution in [0, 0.1) is 11.8 Å². The van der Waals surface area contributed by atoms with Gasteiger partial charge in [0.1, 0.15) is 18.1 Å². The molecule has 0 aliphatic rings. The van der Waals surface area contributed by atoms with Gasteiger partial charge in [-0.05, 0) is 31.1 Å². The van der Waals surface area contributed by atoms with Gasteiger partial charge in [0, 0.05) is 24.7 Å². The van der Waals surface area contributed by atoms with Gasteiger partial charge in [-0.3, -0.25) is 19.2 Å². The van der Waals surface area contributed by atoms with Crippen LogP contribution >= 0.6 is 0 Å². The summed E-state index contributed by atoms with van der Waals surface area (Å²) in [6.07, 6.45) is 3.32. The summed E-state index contributed by atoms with van der Waals surface area (Å²) >= 11 is 0. The summed E-state index contributed by atoms with van der Waals surface area (Å²) in [7, 11) is 0. The number of carboxylic acid groups (broad SMARTS) is 1. The molecule has 4 unspecified atom stereocenters. The highest BCUT2D eigenvalue weighted by Crippen LogP contribution is 2.10. The number of rotatable bonds is 16. The van der Waals surface area contributed by atoms with Crippen LogP contribution in [0.1, 0.15) is 59.1 Å². The molecule has 4 amide bonds. The number of hydrogen-bond acceptors (Lipinski definition) is 7. The van der Waals surface area contributed by atoms with Crippen LogP contribution in [0.25, 0.3) is 0 Å². The first-order chi connectivity index (χ1) is 16.8. The second kappa shape index (κ2) is 14.8. The number of nitrogens with two attached hydrogens (primary N) is 2. The summed E-state index contributed by atoms with van der Waals surface area (Å²) in [6.45, 7) is 7.40. The fourth-order valence-electron chi connectivity index (χ4n) is 3.47. The second-order valence-corrected chi connectivity index (χ2v) is 9.67. The van der Waals surface area contributed by atoms with E-state index in [1.165, 1.54) is 12.5 Å². The number of primary amides is 1. The number of nitrogens with one attached hydrogen (secondary N) is 4. The molecule has 0 aliphatic heterocycles. The Morgan fingerprint density at radius 3 is 1.94 bits per heavy atom. The molecule has 0 fully saturated rings. The lowest BCUT2D eigenvalue weighted by atomic mass is 10.00. The summed E-state index contributed by atoms with van der Waals surface area (Å²) < 4.78 is 0. The molecular weight excluding hydrogens is 470 g/mol. The molecular formula is C23H39N7O6. The quantitative estimate of drug-likeness (QED) is 0.149. The standard InChI is InChI=1S/C23H39N7O6/c1-12(2)7-16(21(33)30-18(23(35)36)8-13(3)4)29-22(34)17(9-14-10-26-11-27-14)28-20(32)15(24)5-6-19(25)31/h10-13,15-18H,5-9,24H2,1-4H3,(H2,25,31)(H,26,27)(H,28,32)(H,29,34)(H,30,33)(H,35,36). The summed E-state index contributed by atoms with van der Waals surface area (Å²) in [4.78, 5) is 68.1. The minimum absolute atomic E-state index is 0.00250. The number of hydrogen-bond donors (Lipinski definition) is 7. The van der Waals surface area contributed by atoms with E-state index in [4.69, 9.17) is 11.5 Å². The van der Waals surface area contributed by atoms with E-state index in [2.05, 4.69) is 25.9 Å². The minimum atomic E-state index is -1.17. The topological polar surface area (TPSA) is 222 Å². The Morgan fingerprint density at radius 1 is 0.917 bits per heavy atom. The molecule has 0 aliphatic carbocycles. The molecule has 1 rings (SSSR count). The monoisotopic (exact) mass is 509 g/mol. The van der Waals surface area contributed by atoms with Crippen LogP contribution in [0.5, 0.6) is 0 Å². The molecule has 202 valence electrons. The van der Waals surface area contributed by atoms with Gasteiger partial charge < -0.3 is 37.5 Å². The lowest BCUT2D eigenvalue weighted by molar-refractivity contribution is -0.143. The van der Waals surface area contributed by atoms with E-state index in [1.807, 2.05) is 27.7 Å². The molecule has 36 heavy (non-hydrogen) atoms. The maximum atomic E-state index is 13.2. The number of carboxylic acids is 1. The Balaban J connectivity index is 3.04. The van der Waals surface area contributed by atoms with Crippen LogP contribution in [0.15, 0.2) is 12.5 Å². The molecule has 1 aromatic heterocycles. The highest BCUT2D eigenvalue weighted by Gasteiger charge is 2.31. The van der Waals surface area contributed by atoms with E-state index < -0.39 is 53.8 Å². The van der Waals surface area contributed by atoms with Crippen molar-refractivity contribution >= 4 is 29.6 Å². The van der Waals surface area contributed by atoms with Crippen LogP contribution in [-0.4, -0.2) is 68.8 Å². The summed E-state index contributed by atoms with van der Waals surface area (Å²) in [6, 6.07) is -4.33.